The monoisotopic (exact) mass is 238 g/mol. The molecule has 0 aromatic heterocycles. The van der Waals surface area contributed by atoms with Crippen LogP contribution in [0.25, 0.3) is 0 Å². The maximum Gasteiger partial charge on any atom is 0.522 e. The number of ether oxygens (including phenoxy) is 1. The van der Waals surface area contributed by atoms with E-state index in [-0.39, 0.29) is 18.1 Å². The minimum atomic E-state index is -4.56. The number of hydrogen-bond acceptors (Lipinski definition) is 3. The van der Waals surface area contributed by atoms with Gasteiger partial charge in [0.2, 0.25) is 0 Å². The fraction of sp³-hybridized carbons (Fsp3) is 0.333. The number of halogens is 3. The van der Waals surface area contributed by atoms with Crippen LogP contribution in [-0.4, -0.2) is 23.8 Å². The SMILES string of the molecule is Oc1ccc(SCCOC(F)(F)F)cc1. The first-order chi connectivity index (χ1) is 6.97. The van der Waals surface area contributed by atoms with Crippen molar-refractivity contribution in [3.8, 4) is 5.75 Å². The maximum absolute atomic E-state index is 11.6. The molecule has 0 spiro atoms. The van der Waals surface area contributed by atoms with Gasteiger partial charge in [0.05, 0.1) is 6.61 Å². The predicted molar refractivity (Wildman–Crippen MR) is 50.8 cm³/mol. The molecule has 0 fully saturated rings. The van der Waals surface area contributed by atoms with E-state index < -0.39 is 6.36 Å². The number of aromatic hydroxyl groups is 1. The van der Waals surface area contributed by atoms with Gasteiger partial charge < -0.3 is 5.11 Å². The molecule has 1 aromatic rings. The van der Waals surface area contributed by atoms with Gasteiger partial charge in [-0.15, -0.1) is 24.9 Å². The number of phenols is 1. The fourth-order valence-electron chi connectivity index (χ4n) is 0.859. The third-order valence-electron chi connectivity index (χ3n) is 1.45. The molecule has 0 aliphatic carbocycles. The van der Waals surface area contributed by atoms with Crippen LogP contribution in [0.3, 0.4) is 0 Å². The van der Waals surface area contributed by atoms with Crippen molar-refractivity contribution in [3.05, 3.63) is 24.3 Å². The molecule has 0 radical (unpaired) electrons. The summed E-state index contributed by atoms with van der Waals surface area (Å²) in [5.41, 5.74) is 0. The molecule has 15 heavy (non-hydrogen) atoms. The Morgan fingerprint density at radius 2 is 1.80 bits per heavy atom. The van der Waals surface area contributed by atoms with E-state index in [0.29, 0.717) is 0 Å². The number of thioether (sulfide) groups is 1. The molecular formula is C9H9F3O2S. The normalized spacial score (nSPS) is 11.7. The second kappa shape index (κ2) is 5.27. The van der Waals surface area contributed by atoms with Crippen LogP contribution in [0.5, 0.6) is 5.75 Å². The van der Waals surface area contributed by atoms with Crippen LogP contribution >= 0.6 is 11.8 Å². The zero-order valence-corrected chi connectivity index (χ0v) is 8.44. The lowest BCUT2D eigenvalue weighted by atomic mass is 10.3. The first-order valence-corrected chi connectivity index (χ1v) is 5.08. The molecule has 0 saturated carbocycles. The summed E-state index contributed by atoms with van der Waals surface area (Å²) in [6.07, 6.45) is -4.56. The summed E-state index contributed by atoms with van der Waals surface area (Å²) in [6.45, 7) is -0.380. The van der Waals surface area contributed by atoms with Crippen molar-refractivity contribution in [2.45, 2.75) is 11.3 Å². The first kappa shape index (κ1) is 12.2. The highest BCUT2D eigenvalue weighted by Crippen LogP contribution is 2.22. The van der Waals surface area contributed by atoms with Gasteiger partial charge in [-0.05, 0) is 24.3 Å². The lowest BCUT2D eigenvalue weighted by Crippen LogP contribution is -2.15. The van der Waals surface area contributed by atoms with E-state index in [0.717, 1.165) is 4.90 Å². The van der Waals surface area contributed by atoms with Crippen LogP contribution in [0.2, 0.25) is 0 Å². The van der Waals surface area contributed by atoms with E-state index in [9.17, 15) is 13.2 Å². The van der Waals surface area contributed by atoms with Crippen LogP contribution in [0, 0.1) is 0 Å². The van der Waals surface area contributed by atoms with E-state index in [2.05, 4.69) is 4.74 Å². The average molecular weight is 238 g/mol. The Kier molecular flexibility index (Phi) is 4.28. The highest BCUT2D eigenvalue weighted by Gasteiger charge is 2.28. The smallest absolute Gasteiger partial charge is 0.508 e. The van der Waals surface area contributed by atoms with Gasteiger partial charge in [-0.3, -0.25) is 4.74 Å². The van der Waals surface area contributed by atoms with E-state index in [1.165, 1.54) is 23.9 Å². The van der Waals surface area contributed by atoms with Gasteiger partial charge in [-0.25, -0.2) is 0 Å². The van der Waals surface area contributed by atoms with Crippen molar-refractivity contribution < 1.29 is 23.0 Å². The Labute approximate surface area is 89.1 Å². The summed E-state index contributed by atoms with van der Waals surface area (Å²) in [6, 6.07) is 6.22. The van der Waals surface area contributed by atoms with Gasteiger partial charge in [0.1, 0.15) is 5.75 Å². The molecule has 0 bridgehead atoms. The van der Waals surface area contributed by atoms with Gasteiger partial charge in [0, 0.05) is 10.6 Å². The topological polar surface area (TPSA) is 29.5 Å². The maximum atomic E-state index is 11.6. The quantitative estimate of drug-likeness (QED) is 0.645. The molecule has 0 saturated heterocycles. The molecule has 0 unspecified atom stereocenters. The molecule has 0 aliphatic heterocycles. The molecule has 1 aromatic carbocycles. The van der Waals surface area contributed by atoms with E-state index in [1.54, 1.807) is 12.1 Å². The number of benzene rings is 1. The average Bonchev–Trinajstić information content (AvgIpc) is 2.14. The van der Waals surface area contributed by atoms with Gasteiger partial charge in [0.15, 0.2) is 0 Å². The minimum absolute atomic E-state index is 0.130. The Morgan fingerprint density at radius 1 is 1.20 bits per heavy atom. The molecule has 0 amide bonds. The molecule has 1 N–H and O–H groups in total. The summed E-state index contributed by atoms with van der Waals surface area (Å²) >= 11 is 1.23. The summed E-state index contributed by atoms with van der Waals surface area (Å²) < 4.78 is 38.3. The summed E-state index contributed by atoms with van der Waals surface area (Å²) in [7, 11) is 0. The lowest BCUT2D eigenvalue weighted by molar-refractivity contribution is -0.322. The molecule has 0 heterocycles. The van der Waals surface area contributed by atoms with Crippen molar-refractivity contribution in [3.63, 3.8) is 0 Å². The third kappa shape index (κ3) is 5.54. The molecule has 84 valence electrons. The van der Waals surface area contributed by atoms with Crippen molar-refractivity contribution >= 4 is 11.8 Å². The number of alkyl halides is 3. The van der Waals surface area contributed by atoms with Crippen molar-refractivity contribution in [2.75, 3.05) is 12.4 Å². The van der Waals surface area contributed by atoms with Gasteiger partial charge in [0.25, 0.3) is 0 Å². The van der Waals surface area contributed by atoms with Crippen molar-refractivity contribution in [2.24, 2.45) is 0 Å². The van der Waals surface area contributed by atoms with E-state index in [4.69, 9.17) is 5.11 Å². The zero-order chi connectivity index (χ0) is 11.3. The van der Waals surface area contributed by atoms with Crippen LogP contribution in [-0.2, 0) is 4.74 Å². The fourth-order valence-corrected chi connectivity index (χ4v) is 1.59. The first-order valence-electron chi connectivity index (χ1n) is 4.10. The van der Waals surface area contributed by atoms with Crippen LogP contribution in [0.15, 0.2) is 29.2 Å². The standard InChI is InChI=1S/C9H9F3O2S/c10-9(11,12)14-5-6-15-8-3-1-7(13)2-4-8/h1-4,13H,5-6H2. The van der Waals surface area contributed by atoms with Gasteiger partial charge in [-0.1, -0.05) is 0 Å². The summed E-state index contributed by atoms with van der Waals surface area (Å²) in [5, 5.41) is 8.95. The molecule has 0 aliphatic rings. The molecule has 2 nitrogen and oxygen atoms in total. The number of phenolic OH excluding ortho intramolecular Hbond substituents is 1. The summed E-state index contributed by atoms with van der Waals surface area (Å²) in [4.78, 5) is 0.790. The van der Waals surface area contributed by atoms with Crippen molar-refractivity contribution in [1.29, 1.82) is 0 Å². The highest BCUT2D eigenvalue weighted by molar-refractivity contribution is 7.99. The number of rotatable bonds is 4. The number of hydrogen-bond donors (Lipinski definition) is 1. The Bertz CT molecular complexity index is 297. The second-order valence-corrected chi connectivity index (χ2v) is 3.80. The van der Waals surface area contributed by atoms with Crippen LogP contribution in [0.1, 0.15) is 0 Å². The second-order valence-electron chi connectivity index (χ2n) is 2.64. The molecule has 6 heteroatoms. The third-order valence-corrected chi connectivity index (χ3v) is 2.43. The Balaban J connectivity index is 2.23. The van der Waals surface area contributed by atoms with E-state index in [1.807, 2.05) is 0 Å². The largest absolute Gasteiger partial charge is 0.522 e. The Morgan fingerprint density at radius 3 is 2.33 bits per heavy atom. The molecule has 0 atom stereocenters. The van der Waals surface area contributed by atoms with Crippen LogP contribution < -0.4 is 0 Å². The highest BCUT2D eigenvalue weighted by atomic mass is 32.2. The van der Waals surface area contributed by atoms with Crippen molar-refractivity contribution in [1.82, 2.24) is 0 Å². The van der Waals surface area contributed by atoms with Crippen LogP contribution in [0.4, 0.5) is 13.2 Å². The minimum Gasteiger partial charge on any atom is -0.508 e. The predicted octanol–water partition coefficient (Wildman–Crippen LogP) is 3.02. The Hall–Kier alpha value is -0.880. The van der Waals surface area contributed by atoms with Gasteiger partial charge >= 0.3 is 6.36 Å². The summed E-state index contributed by atoms with van der Waals surface area (Å²) in [5.74, 6) is 0.343. The van der Waals surface area contributed by atoms with E-state index >= 15 is 0 Å². The molecule has 1 rings (SSSR count). The molecular weight excluding hydrogens is 229 g/mol. The van der Waals surface area contributed by atoms with Gasteiger partial charge in [-0.2, -0.15) is 0 Å². The zero-order valence-electron chi connectivity index (χ0n) is 7.62. The lowest BCUT2D eigenvalue weighted by Gasteiger charge is -2.06.